The first-order valence-electron chi connectivity index (χ1n) is 7.14. The number of halogens is 2. The van der Waals surface area contributed by atoms with E-state index >= 15 is 0 Å². The maximum absolute atomic E-state index is 12.1. The molecule has 0 aliphatic carbocycles. The molecule has 23 heavy (non-hydrogen) atoms. The second-order valence-corrected chi connectivity index (χ2v) is 6.08. The molecule has 3 rings (SSSR count). The van der Waals surface area contributed by atoms with Crippen LogP contribution < -0.4 is 11.1 Å². The van der Waals surface area contributed by atoms with Crippen molar-refractivity contribution in [2.24, 2.45) is 0 Å². The number of carbonyl (C=O) groups excluding carboxylic acids is 1. The molecule has 0 atom stereocenters. The van der Waals surface area contributed by atoms with E-state index < -0.39 is 0 Å². The Balaban J connectivity index is 1.66. The van der Waals surface area contributed by atoms with E-state index in [1.54, 1.807) is 12.1 Å². The highest BCUT2D eigenvalue weighted by Gasteiger charge is 2.09. The van der Waals surface area contributed by atoms with E-state index in [0.29, 0.717) is 34.3 Å². The minimum absolute atomic E-state index is 0.104. The van der Waals surface area contributed by atoms with Crippen LogP contribution in [0.4, 0.5) is 11.4 Å². The van der Waals surface area contributed by atoms with Crippen molar-refractivity contribution in [3.8, 4) is 0 Å². The number of amides is 1. The molecule has 1 amide bonds. The molecule has 2 aromatic carbocycles. The van der Waals surface area contributed by atoms with Crippen LogP contribution in [0.3, 0.4) is 0 Å². The number of H-pyrrole nitrogens is 1. The second kappa shape index (κ2) is 6.52. The predicted octanol–water partition coefficient (Wildman–Crippen LogP) is 4.63. The van der Waals surface area contributed by atoms with Crippen molar-refractivity contribution in [2.75, 3.05) is 11.1 Å². The summed E-state index contributed by atoms with van der Waals surface area (Å²) in [5, 5.41) is 4.57. The Bertz CT molecular complexity index is 850. The second-order valence-electron chi connectivity index (χ2n) is 5.26. The third-order valence-electron chi connectivity index (χ3n) is 3.66. The zero-order valence-corrected chi connectivity index (χ0v) is 13.7. The Morgan fingerprint density at radius 3 is 2.61 bits per heavy atom. The summed E-state index contributed by atoms with van der Waals surface area (Å²) in [6, 6.07) is 11.2. The highest BCUT2D eigenvalue weighted by molar-refractivity contribution is 6.39. The van der Waals surface area contributed by atoms with E-state index in [2.05, 4.69) is 10.3 Å². The summed E-state index contributed by atoms with van der Waals surface area (Å²) in [6.07, 6.45) is 2.95. The molecule has 0 aliphatic rings. The van der Waals surface area contributed by atoms with Crippen LogP contribution in [-0.2, 0) is 11.2 Å². The fourth-order valence-corrected chi connectivity index (χ4v) is 2.95. The number of carbonyl (C=O) groups is 1. The summed E-state index contributed by atoms with van der Waals surface area (Å²) in [5.41, 5.74) is 8.71. The average Bonchev–Trinajstić information content (AvgIpc) is 2.94. The number of hydrogen-bond acceptors (Lipinski definition) is 2. The molecule has 4 nitrogen and oxygen atoms in total. The number of nitrogens with two attached hydrogens (primary N) is 1. The standard InChI is InChI=1S/C17H15Cl2N3O/c18-13-7-11(8-14(19)17(13)20)22-16(23)6-5-10-9-21-15-4-2-1-3-12(10)15/h1-4,7-9,21H,5-6,20H2,(H,22,23). The predicted molar refractivity (Wildman–Crippen MR) is 96.1 cm³/mol. The molecule has 0 spiro atoms. The molecule has 1 heterocycles. The SMILES string of the molecule is Nc1c(Cl)cc(NC(=O)CCc2c[nH]c3ccccc23)cc1Cl. The van der Waals surface area contributed by atoms with Gasteiger partial charge in [-0.1, -0.05) is 41.4 Å². The average molecular weight is 348 g/mol. The molecule has 4 N–H and O–H groups in total. The molecule has 0 radical (unpaired) electrons. The zero-order chi connectivity index (χ0) is 16.4. The topological polar surface area (TPSA) is 70.9 Å². The van der Waals surface area contributed by atoms with Crippen LogP contribution in [0.25, 0.3) is 10.9 Å². The third-order valence-corrected chi connectivity index (χ3v) is 4.28. The summed E-state index contributed by atoms with van der Waals surface area (Å²) < 4.78 is 0. The molecule has 118 valence electrons. The normalized spacial score (nSPS) is 10.9. The summed E-state index contributed by atoms with van der Waals surface area (Å²) in [5.74, 6) is -0.104. The van der Waals surface area contributed by atoms with Gasteiger partial charge in [0.1, 0.15) is 0 Å². The van der Waals surface area contributed by atoms with Gasteiger partial charge >= 0.3 is 0 Å². The van der Waals surface area contributed by atoms with E-state index in [9.17, 15) is 4.79 Å². The van der Waals surface area contributed by atoms with Crippen LogP contribution in [0.1, 0.15) is 12.0 Å². The zero-order valence-electron chi connectivity index (χ0n) is 12.2. The van der Waals surface area contributed by atoms with Crippen LogP contribution >= 0.6 is 23.2 Å². The number of aryl methyl sites for hydroxylation is 1. The summed E-state index contributed by atoms with van der Waals surface area (Å²) in [7, 11) is 0. The summed E-state index contributed by atoms with van der Waals surface area (Å²) >= 11 is 11.9. The third kappa shape index (κ3) is 3.44. The van der Waals surface area contributed by atoms with Gasteiger partial charge in [-0.05, 0) is 30.2 Å². The van der Waals surface area contributed by atoms with Gasteiger partial charge in [0.2, 0.25) is 5.91 Å². The Hall–Kier alpha value is -2.17. The van der Waals surface area contributed by atoms with Gasteiger partial charge in [0.15, 0.2) is 0 Å². The lowest BCUT2D eigenvalue weighted by Gasteiger charge is -2.08. The van der Waals surface area contributed by atoms with Crippen molar-refractivity contribution in [3.63, 3.8) is 0 Å². The quantitative estimate of drug-likeness (QED) is 0.602. The van der Waals surface area contributed by atoms with Crippen molar-refractivity contribution in [1.29, 1.82) is 0 Å². The van der Waals surface area contributed by atoms with E-state index in [1.807, 2.05) is 30.5 Å². The molecular formula is C17H15Cl2N3O. The molecule has 0 saturated heterocycles. The van der Waals surface area contributed by atoms with E-state index in [-0.39, 0.29) is 5.91 Å². The van der Waals surface area contributed by atoms with E-state index in [0.717, 1.165) is 16.5 Å². The van der Waals surface area contributed by atoms with Crippen molar-refractivity contribution >= 4 is 51.4 Å². The number of aromatic amines is 1. The molecule has 0 bridgehead atoms. The molecule has 6 heteroatoms. The maximum Gasteiger partial charge on any atom is 0.224 e. The number of nitrogen functional groups attached to an aromatic ring is 1. The molecule has 0 saturated carbocycles. The molecule has 3 aromatic rings. The van der Waals surface area contributed by atoms with E-state index in [1.165, 1.54) is 0 Å². The maximum atomic E-state index is 12.1. The van der Waals surface area contributed by atoms with Crippen LogP contribution in [0, 0.1) is 0 Å². The number of aromatic nitrogens is 1. The highest BCUT2D eigenvalue weighted by atomic mass is 35.5. The van der Waals surface area contributed by atoms with Gasteiger partial charge in [-0.15, -0.1) is 0 Å². The van der Waals surface area contributed by atoms with Crippen molar-refractivity contribution in [3.05, 3.63) is 58.2 Å². The van der Waals surface area contributed by atoms with Crippen LogP contribution in [0.2, 0.25) is 10.0 Å². The highest BCUT2D eigenvalue weighted by Crippen LogP contribution is 2.31. The van der Waals surface area contributed by atoms with E-state index in [4.69, 9.17) is 28.9 Å². The Kier molecular flexibility index (Phi) is 4.46. The molecule has 0 aliphatic heterocycles. The molecule has 0 unspecified atom stereocenters. The first kappa shape index (κ1) is 15.7. The monoisotopic (exact) mass is 347 g/mol. The van der Waals surface area contributed by atoms with Gasteiger partial charge in [-0.25, -0.2) is 0 Å². The summed E-state index contributed by atoms with van der Waals surface area (Å²) in [6.45, 7) is 0. The first-order chi connectivity index (χ1) is 11.0. The molecular weight excluding hydrogens is 333 g/mol. The fraction of sp³-hybridized carbons (Fsp3) is 0.118. The van der Waals surface area contributed by atoms with Gasteiger partial charge < -0.3 is 16.0 Å². The van der Waals surface area contributed by atoms with Crippen LogP contribution in [0.15, 0.2) is 42.6 Å². The first-order valence-corrected chi connectivity index (χ1v) is 7.89. The number of anilines is 2. The van der Waals surface area contributed by atoms with Crippen molar-refractivity contribution in [1.82, 2.24) is 4.98 Å². The van der Waals surface area contributed by atoms with Gasteiger partial charge in [0.25, 0.3) is 0 Å². The van der Waals surface area contributed by atoms with Gasteiger partial charge in [0.05, 0.1) is 15.7 Å². The minimum atomic E-state index is -0.104. The lowest BCUT2D eigenvalue weighted by Crippen LogP contribution is -2.12. The Morgan fingerprint density at radius 1 is 1.17 bits per heavy atom. The summed E-state index contributed by atoms with van der Waals surface area (Å²) in [4.78, 5) is 15.3. The van der Waals surface area contributed by atoms with Gasteiger partial charge in [-0.2, -0.15) is 0 Å². The lowest BCUT2D eigenvalue weighted by molar-refractivity contribution is -0.116. The van der Waals surface area contributed by atoms with Crippen LogP contribution in [0.5, 0.6) is 0 Å². The number of hydrogen-bond donors (Lipinski definition) is 3. The Labute approximate surface area is 143 Å². The molecule has 1 aromatic heterocycles. The number of nitrogens with one attached hydrogen (secondary N) is 2. The van der Waals surface area contributed by atoms with Gasteiger partial charge in [-0.3, -0.25) is 4.79 Å². The van der Waals surface area contributed by atoms with Crippen molar-refractivity contribution < 1.29 is 4.79 Å². The number of benzene rings is 2. The lowest BCUT2D eigenvalue weighted by atomic mass is 10.1. The Morgan fingerprint density at radius 2 is 1.87 bits per heavy atom. The van der Waals surface area contributed by atoms with Crippen LogP contribution in [-0.4, -0.2) is 10.9 Å². The number of para-hydroxylation sites is 1. The number of rotatable bonds is 4. The molecule has 0 fully saturated rings. The number of fused-ring (bicyclic) bond motifs is 1. The fourth-order valence-electron chi connectivity index (χ4n) is 2.47. The minimum Gasteiger partial charge on any atom is -0.396 e. The van der Waals surface area contributed by atoms with Gasteiger partial charge in [0, 0.05) is 29.2 Å². The van der Waals surface area contributed by atoms with Crippen molar-refractivity contribution in [2.45, 2.75) is 12.8 Å². The smallest absolute Gasteiger partial charge is 0.224 e. The largest absolute Gasteiger partial charge is 0.396 e.